The predicted octanol–water partition coefficient (Wildman–Crippen LogP) is 2.97. The van der Waals surface area contributed by atoms with Crippen LogP contribution in [-0.4, -0.2) is 31.1 Å². The fraction of sp³-hybridized carbons (Fsp3) is 0.357. The maximum Gasteiger partial charge on any atom is 0.263 e. The number of hydrogen-bond donors (Lipinski definition) is 2. The Morgan fingerprint density at radius 1 is 1.55 bits per heavy atom. The van der Waals surface area contributed by atoms with Crippen molar-refractivity contribution in [2.45, 2.75) is 13.0 Å². The van der Waals surface area contributed by atoms with E-state index in [4.69, 9.17) is 10.5 Å². The summed E-state index contributed by atoms with van der Waals surface area (Å²) < 4.78 is 6.15. The second-order valence-electron chi connectivity index (χ2n) is 4.54. The number of rotatable bonds is 5. The van der Waals surface area contributed by atoms with Crippen LogP contribution in [0.5, 0.6) is 5.75 Å². The first-order valence-electron chi connectivity index (χ1n) is 6.22. The molecule has 1 heterocycles. The molecule has 2 aromatic rings. The van der Waals surface area contributed by atoms with Crippen LogP contribution >= 0.6 is 23.1 Å². The smallest absolute Gasteiger partial charge is 0.263 e. The number of carbonyl (C=O) groups excluding carboxylic acids is 1. The van der Waals surface area contributed by atoms with Crippen molar-refractivity contribution in [3.05, 3.63) is 23.1 Å². The maximum absolute atomic E-state index is 12.3. The number of ether oxygens (including phenoxy) is 1. The lowest BCUT2D eigenvalue weighted by Crippen LogP contribution is -2.34. The fourth-order valence-electron chi connectivity index (χ4n) is 1.97. The van der Waals surface area contributed by atoms with Gasteiger partial charge in [0.25, 0.3) is 5.91 Å². The van der Waals surface area contributed by atoms with Crippen molar-refractivity contribution >= 4 is 44.8 Å². The first-order chi connectivity index (χ1) is 9.56. The van der Waals surface area contributed by atoms with Crippen LogP contribution in [0.4, 0.5) is 5.69 Å². The Hall–Kier alpha value is -1.40. The number of benzene rings is 1. The minimum atomic E-state index is -0.107. The lowest BCUT2D eigenvalue weighted by atomic mass is 10.2. The molecule has 2 rings (SSSR count). The number of hydrogen-bond acceptors (Lipinski definition) is 5. The van der Waals surface area contributed by atoms with Crippen LogP contribution in [0, 0.1) is 0 Å². The maximum atomic E-state index is 12.3. The van der Waals surface area contributed by atoms with Crippen LogP contribution in [0.25, 0.3) is 10.1 Å². The number of methoxy groups -OCH3 is 1. The molecule has 0 radical (unpaired) electrons. The van der Waals surface area contributed by atoms with Gasteiger partial charge < -0.3 is 15.8 Å². The Kier molecular flexibility index (Phi) is 4.77. The summed E-state index contributed by atoms with van der Waals surface area (Å²) in [4.78, 5) is 12.8. The van der Waals surface area contributed by atoms with E-state index in [2.05, 4.69) is 5.32 Å². The van der Waals surface area contributed by atoms with Gasteiger partial charge in [-0.1, -0.05) is 0 Å². The van der Waals surface area contributed by atoms with Crippen LogP contribution in [0.3, 0.4) is 0 Å². The average Bonchev–Trinajstić information content (AvgIpc) is 2.75. The summed E-state index contributed by atoms with van der Waals surface area (Å²) in [5, 5.41) is 3.87. The number of fused-ring (bicyclic) bond motifs is 1. The number of thiophene rings is 1. The van der Waals surface area contributed by atoms with Crippen molar-refractivity contribution < 1.29 is 9.53 Å². The van der Waals surface area contributed by atoms with Crippen molar-refractivity contribution in [2.75, 3.05) is 24.9 Å². The summed E-state index contributed by atoms with van der Waals surface area (Å²) in [7, 11) is 1.62. The molecule has 6 heteroatoms. The average molecular weight is 310 g/mol. The highest BCUT2D eigenvalue weighted by atomic mass is 32.2. The number of anilines is 1. The van der Waals surface area contributed by atoms with Gasteiger partial charge in [0.05, 0.1) is 12.8 Å². The zero-order valence-corrected chi connectivity index (χ0v) is 13.4. The molecule has 1 atom stereocenters. The van der Waals surface area contributed by atoms with E-state index < -0.39 is 0 Å². The second kappa shape index (κ2) is 6.37. The summed E-state index contributed by atoms with van der Waals surface area (Å²) in [5.74, 6) is 1.54. The lowest BCUT2D eigenvalue weighted by molar-refractivity contribution is 0.0948. The van der Waals surface area contributed by atoms with Crippen LogP contribution in [0.15, 0.2) is 18.2 Å². The fourth-order valence-corrected chi connectivity index (χ4v) is 3.61. The number of amides is 1. The van der Waals surface area contributed by atoms with E-state index >= 15 is 0 Å². The molecular weight excluding hydrogens is 292 g/mol. The largest absolute Gasteiger partial charge is 0.497 e. The predicted molar refractivity (Wildman–Crippen MR) is 88.1 cm³/mol. The Bertz CT molecular complexity index is 625. The van der Waals surface area contributed by atoms with E-state index in [0.29, 0.717) is 10.6 Å². The van der Waals surface area contributed by atoms with E-state index in [0.717, 1.165) is 21.6 Å². The summed E-state index contributed by atoms with van der Waals surface area (Å²) in [6, 6.07) is 5.76. The van der Waals surface area contributed by atoms with Gasteiger partial charge in [-0.3, -0.25) is 4.79 Å². The van der Waals surface area contributed by atoms with E-state index in [9.17, 15) is 4.79 Å². The SMILES string of the molecule is COc1ccc2c(N)c(C(=O)NC(C)CSC)sc2c1. The molecule has 0 aliphatic heterocycles. The van der Waals surface area contributed by atoms with Gasteiger partial charge in [0.1, 0.15) is 10.6 Å². The van der Waals surface area contributed by atoms with Gasteiger partial charge in [0, 0.05) is 21.9 Å². The van der Waals surface area contributed by atoms with E-state index in [-0.39, 0.29) is 11.9 Å². The molecule has 0 bridgehead atoms. The Morgan fingerprint density at radius 3 is 2.95 bits per heavy atom. The Labute approximate surface area is 126 Å². The van der Waals surface area contributed by atoms with Gasteiger partial charge in [-0.25, -0.2) is 0 Å². The third-order valence-corrected chi connectivity index (χ3v) is 4.94. The molecule has 108 valence electrons. The summed E-state index contributed by atoms with van der Waals surface area (Å²) >= 11 is 3.10. The molecule has 1 unspecified atom stereocenters. The Morgan fingerprint density at radius 2 is 2.30 bits per heavy atom. The summed E-state index contributed by atoms with van der Waals surface area (Å²) in [6.07, 6.45) is 2.02. The molecule has 0 aliphatic carbocycles. The topological polar surface area (TPSA) is 64.3 Å². The second-order valence-corrected chi connectivity index (χ2v) is 6.50. The highest BCUT2D eigenvalue weighted by Gasteiger charge is 2.18. The molecule has 0 fully saturated rings. The third-order valence-electron chi connectivity index (χ3n) is 2.94. The zero-order chi connectivity index (χ0) is 14.7. The monoisotopic (exact) mass is 310 g/mol. The molecular formula is C14H18N2O2S2. The number of thioether (sulfide) groups is 1. The van der Waals surface area contributed by atoms with Gasteiger partial charge in [-0.2, -0.15) is 11.8 Å². The molecule has 1 aromatic heterocycles. The van der Waals surface area contributed by atoms with Gasteiger partial charge >= 0.3 is 0 Å². The highest BCUT2D eigenvalue weighted by Crippen LogP contribution is 2.35. The van der Waals surface area contributed by atoms with Gasteiger partial charge in [-0.15, -0.1) is 11.3 Å². The molecule has 20 heavy (non-hydrogen) atoms. The number of nitrogen functional groups attached to an aromatic ring is 1. The van der Waals surface area contributed by atoms with Crippen molar-refractivity contribution in [3.8, 4) is 5.75 Å². The van der Waals surface area contributed by atoms with Gasteiger partial charge in [-0.05, 0) is 31.4 Å². The van der Waals surface area contributed by atoms with Gasteiger partial charge in [0.2, 0.25) is 0 Å². The van der Waals surface area contributed by atoms with Crippen LogP contribution in [0.2, 0.25) is 0 Å². The molecule has 0 aliphatic rings. The van der Waals surface area contributed by atoms with Gasteiger partial charge in [0.15, 0.2) is 0 Å². The van der Waals surface area contributed by atoms with E-state index in [1.165, 1.54) is 11.3 Å². The van der Waals surface area contributed by atoms with Crippen LogP contribution < -0.4 is 15.8 Å². The molecule has 0 spiro atoms. The number of nitrogens with two attached hydrogens (primary N) is 1. The van der Waals surface area contributed by atoms with Crippen molar-refractivity contribution in [1.29, 1.82) is 0 Å². The normalized spacial score (nSPS) is 12.3. The number of nitrogens with one attached hydrogen (secondary N) is 1. The highest BCUT2D eigenvalue weighted by molar-refractivity contribution is 7.98. The van der Waals surface area contributed by atoms with Crippen LogP contribution in [0.1, 0.15) is 16.6 Å². The lowest BCUT2D eigenvalue weighted by Gasteiger charge is -2.11. The van der Waals surface area contributed by atoms with Crippen molar-refractivity contribution in [2.24, 2.45) is 0 Å². The molecule has 1 amide bonds. The van der Waals surface area contributed by atoms with E-state index in [1.54, 1.807) is 18.9 Å². The molecule has 4 nitrogen and oxygen atoms in total. The van der Waals surface area contributed by atoms with Crippen molar-refractivity contribution in [1.82, 2.24) is 5.32 Å². The molecule has 0 saturated carbocycles. The standard InChI is InChI=1S/C14H18N2O2S2/c1-8(7-19-3)16-14(17)13-12(15)10-5-4-9(18-2)6-11(10)20-13/h4-6,8H,7,15H2,1-3H3,(H,16,17). The van der Waals surface area contributed by atoms with Crippen LogP contribution in [-0.2, 0) is 0 Å². The minimum Gasteiger partial charge on any atom is -0.497 e. The molecule has 1 aromatic carbocycles. The molecule has 0 saturated heterocycles. The number of carbonyl (C=O) groups is 1. The summed E-state index contributed by atoms with van der Waals surface area (Å²) in [5.41, 5.74) is 6.63. The zero-order valence-electron chi connectivity index (χ0n) is 11.7. The Balaban J connectivity index is 2.30. The minimum absolute atomic E-state index is 0.107. The quantitative estimate of drug-likeness (QED) is 0.891. The first kappa shape index (κ1) is 15.0. The van der Waals surface area contributed by atoms with E-state index in [1.807, 2.05) is 31.4 Å². The molecule has 3 N–H and O–H groups in total. The third kappa shape index (κ3) is 3.02. The summed E-state index contributed by atoms with van der Waals surface area (Å²) in [6.45, 7) is 1.99. The van der Waals surface area contributed by atoms with Crippen molar-refractivity contribution in [3.63, 3.8) is 0 Å². The first-order valence-corrected chi connectivity index (χ1v) is 8.43.